The van der Waals surface area contributed by atoms with E-state index >= 15 is 0 Å². The smallest absolute Gasteiger partial charge is 0.261 e. The lowest BCUT2D eigenvalue weighted by atomic mass is 10.2. The average Bonchev–Trinajstić information content (AvgIpc) is 3.46. The summed E-state index contributed by atoms with van der Waals surface area (Å²) in [5, 5.41) is 8.55. The van der Waals surface area contributed by atoms with Crippen LogP contribution in [0.5, 0.6) is 17.4 Å². The molecule has 1 aliphatic rings. The van der Waals surface area contributed by atoms with Gasteiger partial charge in [0.15, 0.2) is 18.1 Å². The molecule has 0 radical (unpaired) electrons. The first kappa shape index (κ1) is 19.0. The van der Waals surface area contributed by atoms with Gasteiger partial charge in [-0.2, -0.15) is 0 Å². The molecule has 156 valence electrons. The highest BCUT2D eigenvalue weighted by Crippen LogP contribution is 2.31. The summed E-state index contributed by atoms with van der Waals surface area (Å²) >= 11 is 0. The van der Waals surface area contributed by atoms with Gasteiger partial charge in [-0.25, -0.2) is 4.98 Å². The number of carbonyl (C=O) groups is 1. The molecule has 1 aromatic carbocycles. The summed E-state index contributed by atoms with van der Waals surface area (Å²) in [6.45, 7) is 0.652. The van der Waals surface area contributed by atoms with E-state index in [1.807, 2.05) is 45.8 Å². The Morgan fingerprint density at radius 3 is 2.68 bits per heavy atom. The Bertz CT molecular complexity index is 1180. The molecule has 31 heavy (non-hydrogen) atoms. The highest BCUT2D eigenvalue weighted by Gasteiger charge is 2.33. The minimum Gasteiger partial charge on any atom is -0.484 e. The fourth-order valence-electron chi connectivity index (χ4n) is 3.78. The Balaban J connectivity index is 1.22. The van der Waals surface area contributed by atoms with Gasteiger partial charge in [0.2, 0.25) is 5.88 Å². The van der Waals surface area contributed by atoms with E-state index in [2.05, 4.69) is 15.2 Å². The van der Waals surface area contributed by atoms with Crippen LogP contribution in [0.3, 0.4) is 0 Å². The number of hydrogen-bond donors (Lipinski definition) is 0. The quantitative estimate of drug-likeness (QED) is 0.478. The van der Waals surface area contributed by atoms with Gasteiger partial charge in [-0.15, -0.1) is 10.2 Å². The van der Waals surface area contributed by atoms with Crippen LogP contribution in [0.25, 0.3) is 5.65 Å². The second-order valence-corrected chi connectivity index (χ2v) is 7.26. The number of likely N-dealkylation sites (tertiary alicyclic amines) is 1. The molecule has 0 N–H and O–H groups in total. The van der Waals surface area contributed by atoms with Crippen LogP contribution < -0.4 is 9.47 Å². The van der Waals surface area contributed by atoms with E-state index in [-0.39, 0.29) is 18.6 Å². The van der Waals surface area contributed by atoms with Crippen molar-refractivity contribution >= 4 is 11.6 Å². The van der Waals surface area contributed by atoms with Crippen molar-refractivity contribution in [1.29, 1.82) is 0 Å². The molecule has 0 bridgehead atoms. The molecule has 0 spiro atoms. The maximum Gasteiger partial charge on any atom is 0.261 e. The molecule has 1 atom stereocenters. The highest BCUT2D eigenvalue weighted by atomic mass is 16.5. The van der Waals surface area contributed by atoms with Crippen LogP contribution in [0.4, 0.5) is 0 Å². The van der Waals surface area contributed by atoms with Crippen molar-refractivity contribution in [2.24, 2.45) is 0 Å². The van der Waals surface area contributed by atoms with Crippen LogP contribution in [0.15, 0.2) is 73.1 Å². The molecule has 3 aromatic heterocycles. The van der Waals surface area contributed by atoms with Crippen molar-refractivity contribution in [3.63, 3.8) is 0 Å². The maximum absolute atomic E-state index is 12.9. The van der Waals surface area contributed by atoms with E-state index in [9.17, 15) is 4.79 Å². The largest absolute Gasteiger partial charge is 0.484 e. The van der Waals surface area contributed by atoms with Gasteiger partial charge < -0.3 is 14.4 Å². The molecule has 4 aromatic rings. The standard InChI is InChI=1S/C23H21N5O3/c29-22(16-30-17-9-11-18(12-10-17)31-21-8-1-3-13-24-21)27-15-5-6-19(27)23-26-25-20-7-2-4-14-28(20)23/h1-4,7-14,19H,5-6,15-16H2/t19-/m0/s1. The highest BCUT2D eigenvalue weighted by molar-refractivity contribution is 5.78. The molecule has 1 fully saturated rings. The summed E-state index contributed by atoms with van der Waals surface area (Å²) in [7, 11) is 0. The monoisotopic (exact) mass is 415 g/mol. The third kappa shape index (κ3) is 4.05. The zero-order chi connectivity index (χ0) is 21.0. The Labute approximate surface area is 179 Å². The number of hydrogen-bond acceptors (Lipinski definition) is 6. The van der Waals surface area contributed by atoms with Crippen LogP contribution in [-0.4, -0.2) is 43.5 Å². The molecule has 8 heteroatoms. The van der Waals surface area contributed by atoms with Gasteiger partial charge in [0.05, 0.1) is 6.04 Å². The van der Waals surface area contributed by atoms with Crippen molar-refractivity contribution in [2.45, 2.75) is 18.9 Å². The lowest BCUT2D eigenvalue weighted by Gasteiger charge is -2.23. The number of amides is 1. The molecule has 0 aliphatic carbocycles. The SMILES string of the molecule is O=C(COc1ccc(Oc2ccccn2)cc1)N1CCC[C@H]1c1nnc2ccccn12. The second kappa shape index (κ2) is 8.43. The summed E-state index contributed by atoms with van der Waals surface area (Å²) in [4.78, 5) is 18.8. The first-order valence-electron chi connectivity index (χ1n) is 10.2. The lowest BCUT2D eigenvalue weighted by molar-refractivity contribution is -0.134. The van der Waals surface area contributed by atoms with Gasteiger partial charge in [0.25, 0.3) is 5.91 Å². The molecular formula is C23H21N5O3. The van der Waals surface area contributed by atoms with Gasteiger partial charge in [-0.1, -0.05) is 12.1 Å². The van der Waals surface area contributed by atoms with Crippen molar-refractivity contribution in [3.8, 4) is 17.4 Å². The fourth-order valence-corrected chi connectivity index (χ4v) is 3.78. The first-order valence-corrected chi connectivity index (χ1v) is 10.2. The third-order valence-electron chi connectivity index (χ3n) is 5.26. The number of pyridine rings is 2. The van der Waals surface area contributed by atoms with Crippen LogP contribution in [0.1, 0.15) is 24.7 Å². The zero-order valence-corrected chi connectivity index (χ0v) is 16.8. The van der Waals surface area contributed by atoms with Gasteiger partial charge >= 0.3 is 0 Å². The number of carbonyl (C=O) groups excluding carboxylic acids is 1. The molecule has 8 nitrogen and oxygen atoms in total. The van der Waals surface area contributed by atoms with Crippen molar-refractivity contribution in [1.82, 2.24) is 24.5 Å². The van der Waals surface area contributed by atoms with Gasteiger partial charge in [0.1, 0.15) is 11.5 Å². The number of benzene rings is 1. The number of nitrogens with zero attached hydrogens (tertiary/aromatic N) is 5. The Morgan fingerprint density at radius 1 is 1.00 bits per heavy atom. The van der Waals surface area contributed by atoms with E-state index in [0.717, 1.165) is 24.3 Å². The van der Waals surface area contributed by atoms with Gasteiger partial charge in [-0.05, 0) is 55.3 Å². The van der Waals surface area contributed by atoms with Crippen molar-refractivity contribution in [3.05, 3.63) is 78.9 Å². The molecule has 0 unspecified atom stereocenters. The van der Waals surface area contributed by atoms with Crippen LogP contribution >= 0.6 is 0 Å². The molecular weight excluding hydrogens is 394 g/mol. The van der Waals surface area contributed by atoms with Crippen LogP contribution in [-0.2, 0) is 4.79 Å². The van der Waals surface area contributed by atoms with Crippen molar-refractivity contribution in [2.75, 3.05) is 13.2 Å². The minimum absolute atomic E-state index is 0.0340. The first-order chi connectivity index (χ1) is 15.3. The lowest BCUT2D eigenvalue weighted by Crippen LogP contribution is -2.35. The van der Waals surface area contributed by atoms with E-state index in [4.69, 9.17) is 9.47 Å². The van der Waals surface area contributed by atoms with Crippen LogP contribution in [0, 0.1) is 0 Å². The van der Waals surface area contributed by atoms with Gasteiger partial charge in [0, 0.05) is 25.0 Å². The summed E-state index contributed by atoms with van der Waals surface area (Å²) in [5.74, 6) is 2.50. The molecule has 4 heterocycles. The summed E-state index contributed by atoms with van der Waals surface area (Å²) in [6.07, 6.45) is 5.39. The van der Waals surface area contributed by atoms with E-state index in [0.29, 0.717) is 23.9 Å². The molecule has 0 saturated carbocycles. The number of ether oxygens (including phenoxy) is 2. The Kier molecular flexibility index (Phi) is 5.18. The van der Waals surface area contributed by atoms with Gasteiger partial charge in [-0.3, -0.25) is 9.20 Å². The predicted molar refractivity (Wildman–Crippen MR) is 113 cm³/mol. The number of rotatable bonds is 6. The van der Waals surface area contributed by atoms with E-state index in [1.54, 1.807) is 36.5 Å². The average molecular weight is 415 g/mol. The molecule has 1 amide bonds. The number of aromatic nitrogens is 4. The summed E-state index contributed by atoms with van der Waals surface area (Å²) in [6, 6.07) is 18.3. The van der Waals surface area contributed by atoms with E-state index < -0.39 is 0 Å². The molecule has 1 saturated heterocycles. The Hall–Kier alpha value is -3.94. The normalized spacial score (nSPS) is 15.9. The maximum atomic E-state index is 12.9. The summed E-state index contributed by atoms with van der Waals surface area (Å²) in [5.41, 5.74) is 0.779. The predicted octanol–water partition coefficient (Wildman–Crippen LogP) is 3.66. The van der Waals surface area contributed by atoms with E-state index in [1.165, 1.54) is 0 Å². The molecule has 5 rings (SSSR count). The zero-order valence-electron chi connectivity index (χ0n) is 16.8. The molecule has 1 aliphatic heterocycles. The fraction of sp³-hybridized carbons (Fsp3) is 0.217. The van der Waals surface area contributed by atoms with Crippen LogP contribution in [0.2, 0.25) is 0 Å². The minimum atomic E-state index is -0.0948. The second-order valence-electron chi connectivity index (χ2n) is 7.26. The summed E-state index contributed by atoms with van der Waals surface area (Å²) < 4.78 is 13.3. The Morgan fingerprint density at radius 2 is 1.84 bits per heavy atom. The third-order valence-corrected chi connectivity index (χ3v) is 5.26. The topological polar surface area (TPSA) is 81.9 Å². The number of fused-ring (bicyclic) bond motifs is 1. The van der Waals surface area contributed by atoms with Crippen molar-refractivity contribution < 1.29 is 14.3 Å².